The van der Waals surface area contributed by atoms with Crippen molar-refractivity contribution in [1.29, 1.82) is 5.26 Å². The average molecular weight is 189 g/mol. The molecule has 0 aliphatic carbocycles. The van der Waals surface area contributed by atoms with Crippen LogP contribution in [0.4, 0.5) is 0 Å². The molecule has 0 atom stereocenters. The first kappa shape index (κ1) is 10.1. The molecule has 0 spiro atoms. The third-order valence-corrected chi connectivity index (χ3v) is 1.72. The van der Waals surface area contributed by atoms with Gasteiger partial charge in [-0.1, -0.05) is 18.2 Å². The van der Waals surface area contributed by atoms with Crippen molar-refractivity contribution in [2.24, 2.45) is 0 Å². The highest BCUT2D eigenvalue weighted by atomic mass is 16.5. The molecule has 14 heavy (non-hydrogen) atoms. The van der Waals surface area contributed by atoms with E-state index in [9.17, 15) is 5.11 Å². The first-order valence-electron chi connectivity index (χ1n) is 4.18. The van der Waals surface area contributed by atoms with Crippen molar-refractivity contribution in [3.63, 3.8) is 0 Å². The van der Waals surface area contributed by atoms with Gasteiger partial charge in [0.25, 0.3) is 0 Å². The number of benzene rings is 1. The van der Waals surface area contributed by atoms with Crippen molar-refractivity contribution < 1.29 is 9.84 Å². The van der Waals surface area contributed by atoms with Crippen LogP contribution in [0.25, 0.3) is 6.08 Å². The van der Waals surface area contributed by atoms with Crippen LogP contribution in [0.1, 0.15) is 12.0 Å². The van der Waals surface area contributed by atoms with Gasteiger partial charge in [0, 0.05) is 0 Å². The van der Waals surface area contributed by atoms with E-state index in [4.69, 9.17) is 10.00 Å². The van der Waals surface area contributed by atoms with Gasteiger partial charge in [-0.25, -0.2) is 0 Å². The minimum atomic E-state index is 0.116. The molecule has 0 aromatic heterocycles. The molecule has 0 fully saturated rings. The Balaban J connectivity index is 2.85. The van der Waals surface area contributed by atoms with Crippen molar-refractivity contribution in [2.75, 3.05) is 7.11 Å². The number of rotatable bonds is 3. The van der Waals surface area contributed by atoms with Crippen LogP contribution >= 0.6 is 0 Å². The third-order valence-electron chi connectivity index (χ3n) is 1.72. The molecular weight excluding hydrogens is 178 g/mol. The normalized spacial score (nSPS) is 10.0. The van der Waals surface area contributed by atoms with E-state index in [0.29, 0.717) is 12.2 Å². The van der Waals surface area contributed by atoms with E-state index in [0.717, 1.165) is 5.56 Å². The number of hydrogen-bond acceptors (Lipinski definition) is 3. The second kappa shape index (κ2) is 4.93. The minimum absolute atomic E-state index is 0.116. The molecule has 1 rings (SSSR count). The first-order valence-corrected chi connectivity index (χ1v) is 4.18. The van der Waals surface area contributed by atoms with E-state index < -0.39 is 0 Å². The third kappa shape index (κ3) is 2.53. The van der Waals surface area contributed by atoms with Gasteiger partial charge >= 0.3 is 0 Å². The van der Waals surface area contributed by atoms with Crippen LogP contribution in [0.2, 0.25) is 0 Å². The van der Waals surface area contributed by atoms with Crippen molar-refractivity contribution in [3.8, 4) is 17.6 Å². The molecule has 3 heteroatoms. The maximum atomic E-state index is 9.31. The summed E-state index contributed by atoms with van der Waals surface area (Å²) in [5.74, 6) is 0.550. The average Bonchev–Trinajstić information content (AvgIpc) is 2.21. The second-order valence-corrected chi connectivity index (χ2v) is 2.70. The Bertz CT molecular complexity index is 377. The Morgan fingerprint density at radius 1 is 1.57 bits per heavy atom. The molecule has 0 unspecified atom stereocenters. The number of phenolic OH excluding ortho intramolecular Hbond substituents is 1. The number of hydrogen-bond donors (Lipinski definition) is 1. The lowest BCUT2D eigenvalue weighted by atomic mass is 10.2. The highest BCUT2D eigenvalue weighted by Crippen LogP contribution is 2.26. The summed E-state index contributed by atoms with van der Waals surface area (Å²) in [7, 11) is 1.50. The van der Waals surface area contributed by atoms with Crippen LogP contribution in [0, 0.1) is 11.3 Å². The summed E-state index contributed by atoms with van der Waals surface area (Å²) in [6.07, 6.45) is 3.94. The van der Waals surface area contributed by atoms with Gasteiger partial charge in [-0.05, 0) is 17.7 Å². The van der Waals surface area contributed by atoms with Gasteiger partial charge in [0.2, 0.25) is 0 Å². The maximum Gasteiger partial charge on any atom is 0.161 e. The number of nitrogens with zero attached hydrogens (tertiary/aromatic N) is 1. The second-order valence-electron chi connectivity index (χ2n) is 2.70. The molecule has 1 N–H and O–H groups in total. The highest BCUT2D eigenvalue weighted by Gasteiger charge is 1.99. The van der Waals surface area contributed by atoms with Gasteiger partial charge in [0.1, 0.15) is 0 Å². The maximum absolute atomic E-state index is 9.31. The molecular formula is C11H11NO2. The number of aromatic hydroxyl groups is 1. The summed E-state index contributed by atoms with van der Waals surface area (Å²) < 4.78 is 4.94. The van der Waals surface area contributed by atoms with E-state index >= 15 is 0 Å². The predicted octanol–water partition coefficient (Wildman–Crippen LogP) is 2.33. The summed E-state index contributed by atoms with van der Waals surface area (Å²) in [5.41, 5.74) is 0.898. The molecule has 0 saturated carbocycles. The molecule has 1 aromatic carbocycles. The van der Waals surface area contributed by atoms with Crippen molar-refractivity contribution in [3.05, 3.63) is 29.8 Å². The Hall–Kier alpha value is -1.95. The molecule has 0 saturated heterocycles. The number of ether oxygens (including phenoxy) is 1. The van der Waals surface area contributed by atoms with Crippen LogP contribution in [0.15, 0.2) is 24.3 Å². The van der Waals surface area contributed by atoms with E-state index in [1.165, 1.54) is 7.11 Å². The molecule has 1 aromatic rings. The standard InChI is InChI=1S/C11H11NO2/c1-14-11-8-9(4-2-3-7-12)5-6-10(11)13/h2,4-6,8,13H,3H2,1H3. The molecule has 0 aliphatic rings. The molecule has 72 valence electrons. The quantitative estimate of drug-likeness (QED) is 0.793. The van der Waals surface area contributed by atoms with Crippen LogP contribution in [-0.2, 0) is 0 Å². The van der Waals surface area contributed by atoms with Gasteiger partial charge < -0.3 is 9.84 Å². The zero-order valence-electron chi connectivity index (χ0n) is 7.90. The predicted molar refractivity (Wildman–Crippen MR) is 53.9 cm³/mol. The summed E-state index contributed by atoms with van der Waals surface area (Å²) >= 11 is 0. The van der Waals surface area contributed by atoms with Crippen molar-refractivity contribution in [2.45, 2.75) is 6.42 Å². The van der Waals surface area contributed by atoms with Gasteiger partial charge in [-0.3, -0.25) is 0 Å². The fraction of sp³-hybridized carbons (Fsp3) is 0.182. The summed E-state index contributed by atoms with van der Waals surface area (Å²) in [6, 6.07) is 7.04. The molecule has 0 aliphatic heterocycles. The fourth-order valence-electron chi connectivity index (χ4n) is 1.05. The lowest BCUT2D eigenvalue weighted by Crippen LogP contribution is -1.83. The largest absolute Gasteiger partial charge is 0.504 e. The summed E-state index contributed by atoms with van der Waals surface area (Å²) in [6.45, 7) is 0. The van der Waals surface area contributed by atoms with Crippen LogP contribution < -0.4 is 4.74 Å². The lowest BCUT2D eigenvalue weighted by molar-refractivity contribution is 0.373. The molecule has 3 nitrogen and oxygen atoms in total. The smallest absolute Gasteiger partial charge is 0.161 e. The monoisotopic (exact) mass is 189 g/mol. The first-order chi connectivity index (χ1) is 6.77. The van der Waals surface area contributed by atoms with Crippen LogP contribution in [0.5, 0.6) is 11.5 Å². The molecule has 0 heterocycles. The van der Waals surface area contributed by atoms with Gasteiger partial charge in [0.05, 0.1) is 19.6 Å². The van der Waals surface area contributed by atoms with Gasteiger partial charge in [0.15, 0.2) is 11.5 Å². The Kier molecular flexibility index (Phi) is 3.57. The Morgan fingerprint density at radius 3 is 3.00 bits per heavy atom. The zero-order chi connectivity index (χ0) is 10.4. The van der Waals surface area contributed by atoms with E-state index in [-0.39, 0.29) is 5.75 Å². The zero-order valence-corrected chi connectivity index (χ0v) is 7.90. The Labute approximate surface area is 82.9 Å². The number of phenols is 1. The number of nitriles is 1. The lowest BCUT2D eigenvalue weighted by Gasteiger charge is -2.03. The Morgan fingerprint density at radius 2 is 2.36 bits per heavy atom. The number of methoxy groups -OCH3 is 1. The molecule has 0 radical (unpaired) electrons. The molecule has 0 amide bonds. The SMILES string of the molecule is COc1cc(C=CCC#N)ccc1O. The summed E-state index contributed by atoms with van der Waals surface area (Å²) in [4.78, 5) is 0. The van der Waals surface area contributed by atoms with E-state index in [1.807, 2.05) is 12.1 Å². The summed E-state index contributed by atoms with van der Waals surface area (Å²) in [5, 5.41) is 17.6. The molecule has 0 bridgehead atoms. The van der Waals surface area contributed by atoms with Gasteiger partial charge in [-0.15, -0.1) is 0 Å². The fourth-order valence-corrected chi connectivity index (χ4v) is 1.05. The highest BCUT2D eigenvalue weighted by molar-refractivity contribution is 5.55. The van der Waals surface area contributed by atoms with Gasteiger partial charge in [-0.2, -0.15) is 5.26 Å². The topological polar surface area (TPSA) is 53.2 Å². The minimum Gasteiger partial charge on any atom is -0.504 e. The van der Waals surface area contributed by atoms with Crippen LogP contribution in [-0.4, -0.2) is 12.2 Å². The number of allylic oxidation sites excluding steroid dienone is 1. The van der Waals surface area contributed by atoms with E-state index in [2.05, 4.69) is 0 Å². The van der Waals surface area contributed by atoms with E-state index in [1.54, 1.807) is 24.3 Å². The van der Waals surface area contributed by atoms with Crippen molar-refractivity contribution in [1.82, 2.24) is 0 Å². The van der Waals surface area contributed by atoms with Crippen LogP contribution in [0.3, 0.4) is 0 Å². The van der Waals surface area contributed by atoms with Crippen molar-refractivity contribution >= 4 is 6.08 Å².